The van der Waals surface area contributed by atoms with Crippen molar-refractivity contribution >= 4 is 11.3 Å². The SMILES string of the molecule is COc1ccc([C@@H]2CCCN2Cc2nnc(C)s2)c(OC)c1. The standard InChI is InChI=1S/C16H21N3O2S/c1-11-17-18-16(22-11)10-19-8-4-5-14(19)13-7-6-12(20-2)9-15(13)21-3/h6-7,9,14H,4-5,8,10H2,1-3H3/t14-/m0/s1. The van der Waals surface area contributed by atoms with Crippen LogP contribution in [0.1, 0.15) is 34.5 Å². The van der Waals surface area contributed by atoms with Crippen LogP contribution in [0.15, 0.2) is 18.2 Å². The molecule has 118 valence electrons. The summed E-state index contributed by atoms with van der Waals surface area (Å²) in [6.45, 7) is 3.93. The molecule has 1 aromatic carbocycles. The molecule has 1 aliphatic rings. The van der Waals surface area contributed by atoms with Crippen molar-refractivity contribution in [2.24, 2.45) is 0 Å². The van der Waals surface area contributed by atoms with Crippen molar-refractivity contribution in [2.45, 2.75) is 32.4 Å². The molecule has 5 nitrogen and oxygen atoms in total. The number of aryl methyl sites for hydroxylation is 1. The highest BCUT2D eigenvalue weighted by atomic mass is 32.1. The molecule has 0 N–H and O–H groups in total. The van der Waals surface area contributed by atoms with E-state index >= 15 is 0 Å². The maximum atomic E-state index is 5.57. The van der Waals surface area contributed by atoms with Gasteiger partial charge in [-0.05, 0) is 32.4 Å². The third-order valence-electron chi connectivity index (χ3n) is 4.07. The van der Waals surface area contributed by atoms with Gasteiger partial charge in [0.1, 0.15) is 21.5 Å². The number of aromatic nitrogens is 2. The first-order valence-electron chi connectivity index (χ1n) is 7.46. The molecule has 0 spiro atoms. The quantitative estimate of drug-likeness (QED) is 0.847. The van der Waals surface area contributed by atoms with Crippen molar-refractivity contribution in [3.05, 3.63) is 33.8 Å². The predicted octanol–water partition coefficient (Wildman–Crippen LogP) is 3.20. The lowest BCUT2D eigenvalue weighted by Crippen LogP contribution is -2.23. The minimum atomic E-state index is 0.366. The molecule has 0 radical (unpaired) electrons. The Morgan fingerprint density at radius 3 is 2.82 bits per heavy atom. The first kappa shape index (κ1) is 15.2. The van der Waals surface area contributed by atoms with Crippen LogP contribution >= 0.6 is 11.3 Å². The van der Waals surface area contributed by atoms with E-state index in [9.17, 15) is 0 Å². The lowest BCUT2D eigenvalue weighted by atomic mass is 10.0. The van der Waals surface area contributed by atoms with Crippen LogP contribution in [0.25, 0.3) is 0 Å². The van der Waals surface area contributed by atoms with E-state index in [1.807, 2.05) is 19.1 Å². The minimum Gasteiger partial charge on any atom is -0.497 e. The van der Waals surface area contributed by atoms with Crippen LogP contribution in [0.5, 0.6) is 11.5 Å². The fraction of sp³-hybridized carbons (Fsp3) is 0.500. The van der Waals surface area contributed by atoms with Crippen molar-refractivity contribution in [3.63, 3.8) is 0 Å². The van der Waals surface area contributed by atoms with E-state index in [1.54, 1.807) is 25.6 Å². The molecule has 1 atom stereocenters. The number of benzene rings is 1. The lowest BCUT2D eigenvalue weighted by molar-refractivity contribution is 0.242. The van der Waals surface area contributed by atoms with E-state index in [4.69, 9.17) is 9.47 Å². The second-order valence-electron chi connectivity index (χ2n) is 5.45. The molecule has 2 heterocycles. The van der Waals surface area contributed by atoms with Gasteiger partial charge in [0, 0.05) is 17.7 Å². The van der Waals surface area contributed by atoms with Crippen molar-refractivity contribution in [1.82, 2.24) is 15.1 Å². The van der Waals surface area contributed by atoms with Crippen LogP contribution < -0.4 is 9.47 Å². The molecule has 1 aromatic heterocycles. The van der Waals surface area contributed by atoms with Gasteiger partial charge in [0.25, 0.3) is 0 Å². The van der Waals surface area contributed by atoms with E-state index in [1.165, 1.54) is 12.0 Å². The van der Waals surface area contributed by atoms with Gasteiger partial charge in [-0.15, -0.1) is 21.5 Å². The fourth-order valence-corrected chi connectivity index (χ4v) is 3.77. The number of nitrogens with zero attached hydrogens (tertiary/aromatic N) is 3. The number of hydrogen-bond acceptors (Lipinski definition) is 6. The van der Waals surface area contributed by atoms with E-state index in [0.717, 1.165) is 41.0 Å². The molecule has 1 aliphatic heterocycles. The zero-order chi connectivity index (χ0) is 15.5. The summed E-state index contributed by atoms with van der Waals surface area (Å²) in [5.74, 6) is 1.72. The van der Waals surface area contributed by atoms with Crippen LogP contribution in [-0.4, -0.2) is 35.9 Å². The molecule has 2 aromatic rings. The van der Waals surface area contributed by atoms with Crippen LogP contribution in [0.2, 0.25) is 0 Å². The minimum absolute atomic E-state index is 0.366. The Labute approximate surface area is 134 Å². The summed E-state index contributed by atoms with van der Waals surface area (Å²) < 4.78 is 10.9. The number of ether oxygens (including phenoxy) is 2. The van der Waals surface area contributed by atoms with Crippen molar-refractivity contribution < 1.29 is 9.47 Å². The second-order valence-corrected chi connectivity index (χ2v) is 6.72. The average Bonchev–Trinajstić information content (AvgIpc) is 3.16. The zero-order valence-corrected chi connectivity index (χ0v) is 14.0. The van der Waals surface area contributed by atoms with Gasteiger partial charge in [0.15, 0.2) is 0 Å². The maximum absolute atomic E-state index is 5.57. The number of rotatable bonds is 5. The first-order valence-corrected chi connectivity index (χ1v) is 8.28. The number of hydrogen-bond donors (Lipinski definition) is 0. The van der Waals surface area contributed by atoms with Gasteiger partial charge in [0.2, 0.25) is 0 Å². The second kappa shape index (κ2) is 6.62. The molecule has 3 rings (SSSR count). The van der Waals surface area contributed by atoms with E-state index in [-0.39, 0.29) is 0 Å². The summed E-state index contributed by atoms with van der Waals surface area (Å²) in [6.07, 6.45) is 2.33. The summed E-state index contributed by atoms with van der Waals surface area (Å²) in [4.78, 5) is 2.46. The third kappa shape index (κ3) is 3.08. The van der Waals surface area contributed by atoms with Gasteiger partial charge >= 0.3 is 0 Å². The topological polar surface area (TPSA) is 47.5 Å². The Bertz CT molecular complexity index is 644. The molecule has 1 fully saturated rings. The largest absolute Gasteiger partial charge is 0.497 e. The molecular formula is C16H21N3O2S. The molecule has 0 amide bonds. The van der Waals surface area contributed by atoms with Crippen LogP contribution in [0.4, 0.5) is 0 Å². The predicted molar refractivity (Wildman–Crippen MR) is 86.6 cm³/mol. The third-order valence-corrected chi connectivity index (χ3v) is 4.89. The van der Waals surface area contributed by atoms with Gasteiger partial charge in [-0.1, -0.05) is 6.07 Å². The van der Waals surface area contributed by atoms with Gasteiger partial charge in [-0.2, -0.15) is 0 Å². The van der Waals surface area contributed by atoms with Crippen LogP contribution in [-0.2, 0) is 6.54 Å². The monoisotopic (exact) mass is 319 g/mol. The van der Waals surface area contributed by atoms with Gasteiger partial charge in [-0.25, -0.2) is 0 Å². The highest BCUT2D eigenvalue weighted by molar-refractivity contribution is 7.11. The van der Waals surface area contributed by atoms with Gasteiger partial charge in [-0.3, -0.25) is 4.90 Å². The van der Waals surface area contributed by atoms with E-state index in [2.05, 4.69) is 21.2 Å². The van der Waals surface area contributed by atoms with Crippen molar-refractivity contribution in [3.8, 4) is 11.5 Å². The molecular weight excluding hydrogens is 298 g/mol. The first-order chi connectivity index (χ1) is 10.7. The Hall–Kier alpha value is -1.66. The highest BCUT2D eigenvalue weighted by Gasteiger charge is 2.29. The van der Waals surface area contributed by atoms with Crippen LogP contribution in [0, 0.1) is 6.92 Å². The average molecular weight is 319 g/mol. The molecule has 6 heteroatoms. The fourth-order valence-electron chi connectivity index (χ4n) is 3.04. The van der Waals surface area contributed by atoms with Crippen molar-refractivity contribution in [1.29, 1.82) is 0 Å². The summed E-state index contributed by atoms with van der Waals surface area (Å²) in [5, 5.41) is 10.5. The Morgan fingerprint density at radius 1 is 1.27 bits per heavy atom. The number of methoxy groups -OCH3 is 2. The normalized spacial score (nSPS) is 18.6. The molecule has 1 saturated heterocycles. The highest BCUT2D eigenvalue weighted by Crippen LogP contribution is 2.39. The van der Waals surface area contributed by atoms with Gasteiger partial charge < -0.3 is 9.47 Å². The van der Waals surface area contributed by atoms with Gasteiger partial charge in [0.05, 0.1) is 20.8 Å². The molecule has 0 unspecified atom stereocenters. The summed E-state index contributed by atoms with van der Waals surface area (Å²) in [6, 6.07) is 6.45. The zero-order valence-electron chi connectivity index (χ0n) is 13.2. The summed E-state index contributed by atoms with van der Waals surface area (Å²) >= 11 is 1.67. The number of likely N-dealkylation sites (tertiary alicyclic amines) is 1. The molecule has 0 aliphatic carbocycles. The molecule has 0 bridgehead atoms. The Balaban J connectivity index is 1.83. The Kier molecular flexibility index (Phi) is 4.59. The lowest BCUT2D eigenvalue weighted by Gasteiger charge is -2.25. The summed E-state index contributed by atoms with van der Waals surface area (Å²) in [7, 11) is 3.39. The summed E-state index contributed by atoms with van der Waals surface area (Å²) in [5.41, 5.74) is 1.22. The smallest absolute Gasteiger partial charge is 0.131 e. The molecule has 0 saturated carbocycles. The van der Waals surface area contributed by atoms with Crippen LogP contribution in [0.3, 0.4) is 0 Å². The van der Waals surface area contributed by atoms with E-state index in [0.29, 0.717) is 6.04 Å². The van der Waals surface area contributed by atoms with Crippen molar-refractivity contribution in [2.75, 3.05) is 20.8 Å². The molecule has 22 heavy (non-hydrogen) atoms. The Morgan fingerprint density at radius 2 is 2.14 bits per heavy atom. The van der Waals surface area contributed by atoms with E-state index < -0.39 is 0 Å². The maximum Gasteiger partial charge on any atom is 0.131 e.